The lowest BCUT2D eigenvalue weighted by molar-refractivity contribution is 0.318. The average molecular weight is 250 g/mol. The zero-order valence-electron chi connectivity index (χ0n) is 8.74. The number of hydrogen-bond acceptors (Lipinski definition) is 6. The molecule has 2 aromatic rings. The highest BCUT2D eigenvalue weighted by atomic mass is 32.1. The molecule has 0 unspecified atom stereocenters. The summed E-state index contributed by atoms with van der Waals surface area (Å²) in [7, 11) is 0. The van der Waals surface area contributed by atoms with Crippen molar-refractivity contribution in [3.05, 3.63) is 40.3 Å². The Labute approximate surface area is 101 Å². The van der Waals surface area contributed by atoms with Gasteiger partial charge in [-0.1, -0.05) is 5.16 Å². The van der Waals surface area contributed by atoms with E-state index >= 15 is 0 Å². The standard InChI is InChI=1S/C11H10N2O3S/c14-8-1-2-9(11(15)4-8)10(13-16)3-7-5-17-6-12-7/h1-2,4-6,14-16H,3H2/b13-10-. The summed E-state index contributed by atoms with van der Waals surface area (Å²) in [5.74, 6) is -0.176. The summed E-state index contributed by atoms with van der Waals surface area (Å²) in [5.41, 5.74) is 3.11. The van der Waals surface area contributed by atoms with E-state index in [1.807, 2.05) is 5.38 Å². The number of hydrogen-bond donors (Lipinski definition) is 3. The number of benzene rings is 1. The first kappa shape index (κ1) is 11.4. The lowest BCUT2D eigenvalue weighted by atomic mass is 10.0. The van der Waals surface area contributed by atoms with E-state index in [4.69, 9.17) is 5.21 Å². The van der Waals surface area contributed by atoms with Gasteiger partial charge < -0.3 is 15.4 Å². The van der Waals surface area contributed by atoms with Crippen molar-refractivity contribution in [1.82, 2.24) is 4.98 Å². The number of nitrogens with zero attached hydrogens (tertiary/aromatic N) is 2. The van der Waals surface area contributed by atoms with Crippen LogP contribution in [0.15, 0.2) is 34.2 Å². The monoisotopic (exact) mass is 250 g/mol. The van der Waals surface area contributed by atoms with E-state index in [1.165, 1.54) is 29.5 Å². The number of aromatic nitrogens is 1. The second-order valence-electron chi connectivity index (χ2n) is 3.40. The highest BCUT2D eigenvalue weighted by Crippen LogP contribution is 2.24. The molecular weight excluding hydrogens is 240 g/mol. The van der Waals surface area contributed by atoms with Crippen molar-refractivity contribution < 1.29 is 15.4 Å². The van der Waals surface area contributed by atoms with Crippen LogP contribution in [0.4, 0.5) is 0 Å². The molecule has 0 aliphatic carbocycles. The van der Waals surface area contributed by atoms with Crippen molar-refractivity contribution in [2.75, 3.05) is 0 Å². The molecule has 1 aromatic carbocycles. The third-order valence-corrected chi connectivity index (χ3v) is 2.88. The van der Waals surface area contributed by atoms with E-state index in [-0.39, 0.29) is 11.5 Å². The van der Waals surface area contributed by atoms with Crippen molar-refractivity contribution in [2.24, 2.45) is 5.16 Å². The lowest BCUT2D eigenvalue weighted by Gasteiger charge is -2.05. The summed E-state index contributed by atoms with van der Waals surface area (Å²) in [4.78, 5) is 4.07. The number of phenols is 2. The van der Waals surface area contributed by atoms with Gasteiger partial charge in [0.05, 0.1) is 16.9 Å². The Balaban J connectivity index is 2.30. The third kappa shape index (κ3) is 2.54. The Morgan fingerprint density at radius 2 is 2.18 bits per heavy atom. The van der Waals surface area contributed by atoms with E-state index in [9.17, 15) is 10.2 Å². The second kappa shape index (κ2) is 4.84. The summed E-state index contributed by atoms with van der Waals surface area (Å²) in [5, 5.41) is 32.8. The number of rotatable bonds is 3. The van der Waals surface area contributed by atoms with Crippen LogP contribution in [0.2, 0.25) is 0 Å². The van der Waals surface area contributed by atoms with Gasteiger partial charge in [0.25, 0.3) is 0 Å². The molecule has 0 atom stereocenters. The molecule has 3 N–H and O–H groups in total. The van der Waals surface area contributed by atoms with Crippen LogP contribution in [-0.2, 0) is 6.42 Å². The summed E-state index contributed by atoms with van der Waals surface area (Å²) < 4.78 is 0. The smallest absolute Gasteiger partial charge is 0.128 e. The lowest BCUT2D eigenvalue weighted by Crippen LogP contribution is -2.06. The van der Waals surface area contributed by atoms with E-state index < -0.39 is 0 Å². The molecule has 5 nitrogen and oxygen atoms in total. The normalized spacial score (nSPS) is 11.6. The molecule has 17 heavy (non-hydrogen) atoms. The largest absolute Gasteiger partial charge is 0.508 e. The van der Waals surface area contributed by atoms with Crippen molar-refractivity contribution in [1.29, 1.82) is 0 Å². The molecule has 0 aliphatic heterocycles. The van der Waals surface area contributed by atoms with Crippen LogP contribution in [0.3, 0.4) is 0 Å². The first-order chi connectivity index (χ1) is 8.20. The minimum atomic E-state index is -0.131. The fraction of sp³-hybridized carbons (Fsp3) is 0.0909. The number of thiazole rings is 1. The maximum absolute atomic E-state index is 9.65. The molecule has 0 bridgehead atoms. The number of oxime groups is 1. The maximum Gasteiger partial charge on any atom is 0.128 e. The minimum Gasteiger partial charge on any atom is -0.508 e. The third-order valence-electron chi connectivity index (χ3n) is 2.24. The van der Waals surface area contributed by atoms with Gasteiger partial charge >= 0.3 is 0 Å². The Morgan fingerprint density at radius 1 is 1.35 bits per heavy atom. The zero-order chi connectivity index (χ0) is 12.3. The molecule has 2 rings (SSSR count). The SMILES string of the molecule is O/N=C(/Cc1cscn1)c1ccc(O)cc1O. The molecule has 0 radical (unpaired) electrons. The molecule has 1 heterocycles. The van der Waals surface area contributed by atoms with Crippen LogP contribution >= 0.6 is 11.3 Å². The van der Waals surface area contributed by atoms with Gasteiger partial charge in [-0.25, -0.2) is 4.98 Å². The number of aromatic hydroxyl groups is 2. The highest BCUT2D eigenvalue weighted by molar-refractivity contribution is 7.07. The van der Waals surface area contributed by atoms with Crippen molar-refractivity contribution in [2.45, 2.75) is 6.42 Å². The van der Waals surface area contributed by atoms with Crippen molar-refractivity contribution >= 4 is 17.0 Å². The molecule has 0 fully saturated rings. The minimum absolute atomic E-state index is 0.0443. The fourth-order valence-electron chi connectivity index (χ4n) is 1.44. The van der Waals surface area contributed by atoms with Gasteiger partial charge in [-0.3, -0.25) is 0 Å². The molecule has 0 aliphatic rings. The van der Waals surface area contributed by atoms with E-state index in [1.54, 1.807) is 5.51 Å². The predicted octanol–water partition coefficient (Wildman–Crippen LogP) is 1.98. The summed E-state index contributed by atoms with van der Waals surface area (Å²) in [6, 6.07) is 4.11. The van der Waals surface area contributed by atoms with Gasteiger partial charge in [0.2, 0.25) is 0 Å². The highest BCUT2D eigenvalue weighted by Gasteiger charge is 2.12. The molecule has 0 saturated heterocycles. The van der Waals surface area contributed by atoms with Gasteiger partial charge in [0, 0.05) is 23.4 Å². The second-order valence-corrected chi connectivity index (χ2v) is 4.12. The molecular formula is C11H10N2O3S. The van der Waals surface area contributed by atoms with Crippen LogP contribution in [0.25, 0.3) is 0 Å². The van der Waals surface area contributed by atoms with E-state index in [0.29, 0.717) is 17.7 Å². The van der Waals surface area contributed by atoms with Gasteiger partial charge in [-0.15, -0.1) is 11.3 Å². The molecule has 0 spiro atoms. The molecule has 0 saturated carbocycles. The van der Waals surface area contributed by atoms with Gasteiger partial charge in [-0.2, -0.15) is 0 Å². The Kier molecular flexibility index (Phi) is 3.24. The molecule has 1 aromatic heterocycles. The van der Waals surface area contributed by atoms with Crippen LogP contribution in [0.5, 0.6) is 11.5 Å². The summed E-state index contributed by atoms with van der Waals surface area (Å²) in [6.45, 7) is 0. The van der Waals surface area contributed by atoms with Gasteiger partial charge in [0.1, 0.15) is 11.5 Å². The fourth-order valence-corrected chi connectivity index (χ4v) is 2.00. The Hall–Kier alpha value is -2.08. The molecule has 0 amide bonds. The van der Waals surface area contributed by atoms with Crippen LogP contribution < -0.4 is 0 Å². The quantitative estimate of drug-likeness (QED) is 0.441. The van der Waals surface area contributed by atoms with Crippen molar-refractivity contribution in [3.8, 4) is 11.5 Å². The van der Waals surface area contributed by atoms with E-state index in [2.05, 4.69) is 10.1 Å². The summed E-state index contributed by atoms with van der Waals surface area (Å²) >= 11 is 1.44. The van der Waals surface area contributed by atoms with Gasteiger partial charge in [-0.05, 0) is 12.1 Å². The Morgan fingerprint density at radius 3 is 2.76 bits per heavy atom. The van der Waals surface area contributed by atoms with Crippen LogP contribution in [0, 0.1) is 0 Å². The maximum atomic E-state index is 9.65. The zero-order valence-corrected chi connectivity index (χ0v) is 9.55. The first-order valence-electron chi connectivity index (χ1n) is 4.81. The average Bonchev–Trinajstić information content (AvgIpc) is 2.79. The van der Waals surface area contributed by atoms with Crippen LogP contribution in [0.1, 0.15) is 11.3 Å². The van der Waals surface area contributed by atoms with E-state index in [0.717, 1.165) is 5.69 Å². The van der Waals surface area contributed by atoms with Crippen LogP contribution in [-0.4, -0.2) is 26.1 Å². The first-order valence-corrected chi connectivity index (χ1v) is 5.75. The molecule has 6 heteroatoms. The molecule has 88 valence electrons. The predicted molar refractivity (Wildman–Crippen MR) is 63.9 cm³/mol. The number of phenolic OH excluding ortho intramolecular Hbond substituents is 2. The summed E-state index contributed by atoms with van der Waals surface area (Å²) in [6.07, 6.45) is 0.318. The van der Waals surface area contributed by atoms with Gasteiger partial charge in [0.15, 0.2) is 0 Å². The van der Waals surface area contributed by atoms with Crippen molar-refractivity contribution in [3.63, 3.8) is 0 Å². The Bertz CT molecular complexity index is 538. The topological polar surface area (TPSA) is 85.9 Å².